The number of aliphatic hydroxyl groups is 1. The molecule has 100 valence electrons. The summed E-state index contributed by atoms with van der Waals surface area (Å²) >= 11 is 0. The van der Waals surface area contributed by atoms with Gasteiger partial charge in [-0.25, -0.2) is 0 Å². The zero-order valence-corrected chi connectivity index (χ0v) is 11.0. The fourth-order valence-electron chi connectivity index (χ4n) is 2.23. The Morgan fingerprint density at radius 1 is 1.59 bits per heavy atom. The Hall–Kier alpha value is -0.650. The Kier molecular flexibility index (Phi) is 5.36. The lowest BCUT2D eigenvalue weighted by Crippen LogP contribution is -2.54. The molecule has 1 unspecified atom stereocenters. The number of rotatable bonds is 5. The molecule has 1 aliphatic rings. The van der Waals surface area contributed by atoms with Gasteiger partial charge >= 0.3 is 0 Å². The molecular weight excluding hydrogens is 220 g/mol. The summed E-state index contributed by atoms with van der Waals surface area (Å²) in [6, 6.07) is 0. The average molecular weight is 244 g/mol. The first-order valence-electron chi connectivity index (χ1n) is 6.24. The quantitative estimate of drug-likeness (QED) is 0.714. The minimum Gasteiger partial charge on any atom is -0.394 e. The third-order valence-corrected chi connectivity index (χ3v) is 2.78. The summed E-state index contributed by atoms with van der Waals surface area (Å²) in [6.07, 6.45) is 0.357. The first-order chi connectivity index (χ1) is 7.96. The van der Waals surface area contributed by atoms with Crippen LogP contribution in [-0.4, -0.2) is 60.4 Å². The Labute approximate surface area is 103 Å². The van der Waals surface area contributed by atoms with Crippen LogP contribution in [0.5, 0.6) is 0 Å². The summed E-state index contributed by atoms with van der Waals surface area (Å²) in [6.45, 7) is 8.84. The van der Waals surface area contributed by atoms with Crippen molar-refractivity contribution in [2.24, 2.45) is 0 Å². The number of carbonyl (C=O) groups excluding carboxylic acids is 1. The smallest absolute Gasteiger partial charge is 0.221 e. The Morgan fingerprint density at radius 3 is 2.88 bits per heavy atom. The number of aliphatic hydroxyl groups excluding tert-OH is 1. The summed E-state index contributed by atoms with van der Waals surface area (Å²) in [5, 5.41) is 12.0. The molecule has 2 N–H and O–H groups in total. The Balaban J connectivity index is 2.39. The van der Waals surface area contributed by atoms with Crippen molar-refractivity contribution in [1.82, 2.24) is 10.2 Å². The van der Waals surface area contributed by atoms with Crippen LogP contribution in [-0.2, 0) is 9.53 Å². The molecule has 1 atom stereocenters. The summed E-state index contributed by atoms with van der Waals surface area (Å²) < 4.78 is 5.72. The van der Waals surface area contributed by atoms with Crippen molar-refractivity contribution < 1.29 is 14.6 Å². The summed E-state index contributed by atoms with van der Waals surface area (Å²) in [5.74, 6) is 0.0809. The van der Waals surface area contributed by atoms with Gasteiger partial charge in [0.25, 0.3) is 0 Å². The van der Waals surface area contributed by atoms with Crippen LogP contribution in [0.15, 0.2) is 0 Å². The first-order valence-corrected chi connectivity index (χ1v) is 6.24. The fourth-order valence-corrected chi connectivity index (χ4v) is 2.23. The molecule has 0 radical (unpaired) electrons. The van der Waals surface area contributed by atoms with E-state index in [4.69, 9.17) is 4.74 Å². The van der Waals surface area contributed by atoms with Gasteiger partial charge in [-0.15, -0.1) is 0 Å². The number of carbonyl (C=O) groups is 1. The van der Waals surface area contributed by atoms with E-state index < -0.39 is 0 Å². The highest BCUT2D eigenvalue weighted by Gasteiger charge is 2.32. The van der Waals surface area contributed by atoms with E-state index in [1.54, 1.807) is 0 Å². The van der Waals surface area contributed by atoms with Crippen molar-refractivity contribution in [3.05, 3.63) is 0 Å². The number of nitrogens with one attached hydrogen (secondary N) is 1. The number of amides is 1. The molecule has 0 aliphatic carbocycles. The minimum absolute atomic E-state index is 0.0289. The fraction of sp³-hybridized carbons (Fsp3) is 0.917. The highest BCUT2D eigenvalue weighted by atomic mass is 16.5. The lowest BCUT2D eigenvalue weighted by molar-refractivity contribution is -0.150. The van der Waals surface area contributed by atoms with Gasteiger partial charge in [-0.1, -0.05) is 0 Å². The SMILES string of the molecule is CCNC(=O)CCN1CC(CO)OC(C)(C)C1. The van der Waals surface area contributed by atoms with Gasteiger partial charge < -0.3 is 15.2 Å². The van der Waals surface area contributed by atoms with Crippen molar-refractivity contribution >= 4 is 5.91 Å². The van der Waals surface area contributed by atoms with Crippen LogP contribution in [0.2, 0.25) is 0 Å². The van der Waals surface area contributed by atoms with E-state index >= 15 is 0 Å². The second kappa shape index (κ2) is 6.33. The maximum atomic E-state index is 11.4. The molecule has 1 amide bonds. The van der Waals surface area contributed by atoms with E-state index in [1.807, 2.05) is 20.8 Å². The van der Waals surface area contributed by atoms with Crippen molar-refractivity contribution in [2.45, 2.75) is 38.9 Å². The highest BCUT2D eigenvalue weighted by molar-refractivity contribution is 5.75. The molecule has 0 aromatic carbocycles. The number of hydrogen-bond acceptors (Lipinski definition) is 4. The molecule has 17 heavy (non-hydrogen) atoms. The number of ether oxygens (including phenoxy) is 1. The molecule has 0 spiro atoms. The topological polar surface area (TPSA) is 61.8 Å². The number of hydrogen-bond donors (Lipinski definition) is 2. The van der Waals surface area contributed by atoms with Gasteiger partial charge in [-0.05, 0) is 20.8 Å². The number of morpholine rings is 1. The predicted molar refractivity (Wildman–Crippen MR) is 65.8 cm³/mol. The molecule has 5 heteroatoms. The van der Waals surface area contributed by atoms with E-state index in [0.29, 0.717) is 19.5 Å². The van der Waals surface area contributed by atoms with Gasteiger partial charge in [0.15, 0.2) is 0 Å². The van der Waals surface area contributed by atoms with Gasteiger partial charge in [0.2, 0.25) is 5.91 Å². The molecule has 5 nitrogen and oxygen atoms in total. The highest BCUT2D eigenvalue weighted by Crippen LogP contribution is 2.20. The van der Waals surface area contributed by atoms with Crippen LogP contribution in [0.1, 0.15) is 27.2 Å². The van der Waals surface area contributed by atoms with Crippen molar-refractivity contribution in [3.63, 3.8) is 0 Å². The largest absolute Gasteiger partial charge is 0.394 e. The Morgan fingerprint density at radius 2 is 2.29 bits per heavy atom. The molecule has 0 aromatic heterocycles. The summed E-state index contributed by atoms with van der Waals surface area (Å²) in [4.78, 5) is 13.6. The van der Waals surface area contributed by atoms with Gasteiger partial charge in [0.1, 0.15) is 0 Å². The van der Waals surface area contributed by atoms with E-state index in [9.17, 15) is 9.90 Å². The molecule has 1 fully saturated rings. The lowest BCUT2D eigenvalue weighted by atomic mass is 10.1. The maximum Gasteiger partial charge on any atom is 0.221 e. The molecule has 0 bridgehead atoms. The van der Waals surface area contributed by atoms with Crippen LogP contribution in [0.25, 0.3) is 0 Å². The van der Waals surface area contributed by atoms with Crippen LogP contribution >= 0.6 is 0 Å². The summed E-state index contributed by atoms with van der Waals surface area (Å²) in [7, 11) is 0. The third kappa shape index (κ3) is 5.02. The van der Waals surface area contributed by atoms with Crippen LogP contribution < -0.4 is 5.32 Å². The van der Waals surface area contributed by atoms with Crippen LogP contribution in [0.3, 0.4) is 0 Å². The third-order valence-electron chi connectivity index (χ3n) is 2.78. The average Bonchev–Trinajstić information content (AvgIpc) is 2.24. The van der Waals surface area contributed by atoms with Crippen LogP contribution in [0, 0.1) is 0 Å². The zero-order chi connectivity index (χ0) is 12.9. The van der Waals surface area contributed by atoms with E-state index in [1.165, 1.54) is 0 Å². The molecule has 1 rings (SSSR count). The molecule has 1 heterocycles. The van der Waals surface area contributed by atoms with Crippen molar-refractivity contribution in [3.8, 4) is 0 Å². The van der Waals surface area contributed by atoms with Crippen molar-refractivity contribution in [2.75, 3.05) is 32.8 Å². The van der Waals surface area contributed by atoms with E-state index in [0.717, 1.165) is 13.1 Å². The monoisotopic (exact) mass is 244 g/mol. The maximum absolute atomic E-state index is 11.4. The first kappa shape index (κ1) is 14.4. The number of nitrogens with zero attached hydrogens (tertiary/aromatic N) is 1. The van der Waals surface area contributed by atoms with Gasteiger partial charge in [0.05, 0.1) is 18.3 Å². The molecule has 1 saturated heterocycles. The van der Waals surface area contributed by atoms with Crippen LogP contribution in [0.4, 0.5) is 0 Å². The zero-order valence-electron chi connectivity index (χ0n) is 11.0. The normalized spacial score (nSPS) is 24.6. The molecule has 1 aliphatic heterocycles. The second-order valence-electron chi connectivity index (χ2n) is 5.12. The van der Waals surface area contributed by atoms with Crippen molar-refractivity contribution in [1.29, 1.82) is 0 Å². The van der Waals surface area contributed by atoms with Gasteiger partial charge in [-0.3, -0.25) is 9.69 Å². The standard InChI is InChI=1S/C12H24N2O3/c1-4-13-11(16)5-6-14-7-10(8-15)17-12(2,3)9-14/h10,15H,4-9H2,1-3H3,(H,13,16). The molecule has 0 aromatic rings. The van der Waals surface area contributed by atoms with E-state index in [2.05, 4.69) is 10.2 Å². The Bertz CT molecular complexity index is 256. The molecular formula is C12H24N2O3. The van der Waals surface area contributed by atoms with Gasteiger partial charge in [0, 0.05) is 32.6 Å². The molecule has 0 saturated carbocycles. The summed E-state index contributed by atoms with van der Waals surface area (Å²) in [5.41, 5.74) is -0.257. The minimum atomic E-state index is -0.257. The lowest BCUT2D eigenvalue weighted by Gasteiger charge is -2.42. The predicted octanol–water partition coefficient (Wildman–Crippen LogP) is -0.0157. The second-order valence-corrected chi connectivity index (χ2v) is 5.12. The van der Waals surface area contributed by atoms with Gasteiger partial charge in [-0.2, -0.15) is 0 Å². The van der Waals surface area contributed by atoms with E-state index in [-0.39, 0.29) is 24.2 Å².